The highest BCUT2D eigenvalue weighted by Gasteiger charge is 2.28. The van der Waals surface area contributed by atoms with E-state index >= 15 is 0 Å². The number of nitrogens with zero attached hydrogens (tertiary/aromatic N) is 1. The van der Waals surface area contributed by atoms with Gasteiger partial charge in [-0.1, -0.05) is 23.7 Å². The van der Waals surface area contributed by atoms with Gasteiger partial charge in [0.15, 0.2) is 0 Å². The zero-order valence-corrected chi connectivity index (χ0v) is 16.4. The van der Waals surface area contributed by atoms with Crippen LogP contribution in [0.1, 0.15) is 41.7 Å². The van der Waals surface area contributed by atoms with E-state index in [1.807, 2.05) is 0 Å². The van der Waals surface area contributed by atoms with Gasteiger partial charge in [0.1, 0.15) is 5.75 Å². The van der Waals surface area contributed by atoms with Crippen LogP contribution >= 0.6 is 11.6 Å². The van der Waals surface area contributed by atoms with E-state index in [2.05, 4.69) is 5.32 Å². The summed E-state index contributed by atoms with van der Waals surface area (Å²) >= 11 is 6.15. The van der Waals surface area contributed by atoms with Crippen LogP contribution in [0.4, 0.5) is 0 Å². The third-order valence-electron chi connectivity index (χ3n) is 4.60. The van der Waals surface area contributed by atoms with E-state index in [-0.39, 0.29) is 27.3 Å². The van der Waals surface area contributed by atoms with E-state index in [0.717, 1.165) is 18.4 Å². The molecule has 1 aliphatic heterocycles. The Labute approximate surface area is 163 Å². The number of amides is 1. The minimum Gasteiger partial charge on any atom is -0.508 e. The third-order valence-corrected chi connectivity index (χ3v) is 6.83. The molecule has 1 heterocycles. The van der Waals surface area contributed by atoms with Crippen LogP contribution in [-0.2, 0) is 10.0 Å². The molecule has 0 spiro atoms. The number of halogens is 1. The molecule has 2 aromatic rings. The number of phenolic OH excluding ortho intramolecular Hbond substituents is 1. The Morgan fingerprint density at radius 1 is 1.19 bits per heavy atom. The molecule has 144 valence electrons. The summed E-state index contributed by atoms with van der Waals surface area (Å²) in [5, 5.41) is 12.5. The SMILES string of the molecule is CC(NC(=O)c1cc(S(=O)(=O)N2CCCC2)ccc1Cl)c1cccc(O)c1. The van der Waals surface area contributed by atoms with Crippen molar-refractivity contribution in [2.24, 2.45) is 0 Å². The molecular formula is C19H21ClN2O4S. The molecule has 1 saturated heterocycles. The van der Waals surface area contributed by atoms with Gasteiger partial charge in [0, 0.05) is 13.1 Å². The Kier molecular flexibility index (Phi) is 5.74. The fourth-order valence-corrected chi connectivity index (χ4v) is 4.82. The van der Waals surface area contributed by atoms with Gasteiger partial charge in [-0.15, -0.1) is 0 Å². The van der Waals surface area contributed by atoms with Crippen molar-refractivity contribution in [1.82, 2.24) is 9.62 Å². The largest absolute Gasteiger partial charge is 0.508 e. The summed E-state index contributed by atoms with van der Waals surface area (Å²) in [7, 11) is -3.64. The quantitative estimate of drug-likeness (QED) is 0.794. The van der Waals surface area contributed by atoms with Crippen molar-refractivity contribution in [3.63, 3.8) is 0 Å². The Bertz CT molecular complexity index is 956. The second-order valence-electron chi connectivity index (χ2n) is 6.54. The van der Waals surface area contributed by atoms with Crippen LogP contribution in [0.5, 0.6) is 5.75 Å². The smallest absolute Gasteiger partial charge is 0.253 e. The number of phenols is 1. The lowest BCUT2D eigenvalue weighted by Crippen LogP contribution is -2.29. The van der Waals surface area contributed by atoms with Gasteiger partial charge in [0.2, 0.25) is 10.0 Å². The van der Waals surface area contributed by atoms with Crippen LogP contribution in [0.25, 0.3) is 0 Å². The molecule has 3 rings (SSSR count). The minimum absolute atomic E-state index is 0.0592. The zero-order valence-electron chi connectivity index (χ0n) is 14.9. The predicted molar refractivity (Wildman–Crippen MR) is 103 cm³/mol. The van der Waals surface area contributed by atoms with Crippen LogP contribution < -0.4 is 5.32 Å². The number of hydrogen-bond acceptors (Lipinski definition) is 4. The highest BCUT2D eigenvalue weighted by atomic mass is 35.5. The standard InChI is InChI=1S/C19H21ClN2O4S/c1-13(14-5-4-6-15(23)11-14)21-19(24)17-12-16(7-8-18(17)20)27(25,26)22-9-2-3-10-22/h4-8,11-13,23H,2-3,9-10H2,1H3,(H,21,24). The Balaban J connectivity index is 1.84. The van der Waals surface area contributed by atoms with Crippen molar-refractivity contribution >= 4 is 27.5 Å². The van der Waals surface area contributed by atoms with Gasteiger partial charge in [-0.3, -0.25) is 4.79 Å². The maximum atomic E-state index is 12.7. The molecule has 27 heavy (non-hydrogen) atoms. The number of aromatic hydroxyl groups is 1. The monoisotopic (exact) mass is 408 g/mol. The summed E-state index contributed by atoms with van der Waals surface area (Å²) in [5.74, 6) is -0.375. The van der Waals surface area contributed by atoms with Crippen molar-refractivity contribution in [2.75, 3.05) is 13.1 Å². The van der Waals surface area contributed by atoms with Crippen molar-refractivity contribution in [3.8, 4) is 5.75 Å². The number of hydrogen-bond donors (Lipinski definition) is 2. The molecule has 2 N–H and O–H groups in total. The van der Waals surface area contributed by atoms with E-state index in [9.17, 15) is 18.3 Å². The van der Waals surface area contributed by atoms with Crippen molar-refractivity contribution < 1.29 is 18.3 Å². The van der Waals surface area contributed by atoms with E-state index < -0.39 is 15.9 Å². The molecule has 0 aliphatic carbocycles. The number of carbonyl (C=O) groups is 1. The van der Waals surface area contributed by atoms with Gasteiger partial charge >= 0.3 is 0 Å². The second kappa shape index (κ2) is 7.88. The van der Waals surface area contributed by atoms with Crippen molar-refractivity contribution in [1.29, 1.82) is 0 Å². The molecule has 6 nitrogen and oxygen atoms in total. The molecule has 1 atom stereocenters. The summed E-state index contributed by atoms with van der Waals surface area (Å²) in [4.78, 5) is 12.7. The molecule has 0 aromatic heterocycles. The summed E-state index contributed by atoms with van der Waals surface area (Å²) < 4.78 is 26.9. The van der Waals surface area contributed by atoms with Crippen LogP contribution in [0.2, 0.25) is 5.02 Å². The number of rotatable bonds is 5. The van der Waals surface area contributed by atoms with Crippen molar-refractivity contribution in [2.45, 2.75) is 30.7 Å². The van der Waals surface area contributed by atoms with Crippen LogP contribution in [0.15, 0.2) is 47.4 Å². The van der Waals surface area contributed by atoms with Crippen LogP contribution in [-0.4, -0.2) is 36.8 Å². The second-order valence-corrected chi connectivity index (χ2v) is 8.89. The van der Waals surface area contributed by atoms with Crippen LogP contribution in [0.3, 0.4) is 0 Å². The van der Waals surface area contributed by atoms with Gasteiger partial charge in [-0.2, -0.15) is 4.31 Å². The van der Waals surface area contributed by atoms with E-state index in [4.69, 9.17) is 11.6 Å². The van der Waals surface area contributed by atoms with Gasteiger partial charge in [-0.05, 0) is 55.7 Å². The molecular weight excluding hydrogens is 388 g/mol. The van der Waals surface area contributed by atoms with Gasteiger partial charge < -0.3 is 10.4 Å². The first-order valence-electron chi connectivity index (χ1n) is 8.68. The molecule has 1 amide bonds. The average Bonchev–Trinajstić information content (AvgIpc) is 3.17. The highest BCUT2D eigenvalue weighted by molar-refractivity contribution is 7.89. The van der Waals surface area contributed by atoms with Crippen LogP contribution in [0, 0.1) is 0 Å². The van der Waals surface area contributed by atoms with Crippen molar-refractivity contribution in [3.05, 3.63) is 58.6 Å². The lowest BCUT2D eigenvalue weighted by atomic mass is 10.1. The number of nitrogens with one attached hydrogen (secondary N) is 1. The molecule has 0 bridgehead atoms. The van der Waals surface area contributed by atoms with Gasteiger partial charge in [-0.25, -0.2) is 8.42 Å². The molecule has 0 saturated carbocycles. The fourth-order valence-electron chi connectivity index (χ4n) is 3.07. The Hall–Kier alpha value is -2.09. The molecule has 1 fully saturated rings. The maximum absolute atomic E-state index is 12.7. The average molecular weight is 409 g/mol. The highest BCUT2D eigenvalue weighted by Crippen LogP contribution is 2.26. The molecule has 8 heteroatoms. The lowest BCUT2D eigenvalue weighted by Gasteiger charge is -2.18. The summed E-state index contributed by atoms with van der Waals surface area (Å²) in [6.07, 6.45) is 1.67. The fraction of sp³-hybridized carbons (Fsp3) is 0.316. The molecule has 2 aromatic carbocycles. The normalized spacial score (nSPS) is 16.2. The van der Waals surface area contributed by atoms with Gasteiger partial charge in [0.05, 0.1) is 21.5 Å². The summed E-state index contributed by atoms with van der Waals surface area (Å²) in [6.45, 7) is 2.74. The predicted octanol–water partition coefficient (Wildman–Crippen LogP) is 3.32. The molecule has 1 aliphatic rings. The van der Waals surface area contributed by atoms with E-state index in [1.165, 1.54) is 22.5 Å². The first kappa shape index (κ1) is 19.7. The molecule has 0 radical (unpaired) electrons. The summed E-state index contributed by atoms with van der Waals surface area (Å²) in [6, 6.07) is 10.3. The maximum Gasteiger partial charge on any atom is 0.253 e. The number of benzene rings is 2. The Morgan fingerprint density at radius 3 is 2.56 bits per heavy atom. The topological polar surface area (TPSA) is 86.7 Å². The molecule has 1 unspecified atom stereocenters. The lowest BCUT2D eigenvalue weighted by molar-refractivity contribution is 0.0939. The zero-order chi connectivity index (χ0) is 19.6. The van der Waals surface area contributed by atoms with E-state index in [0.29, 0.717) is 13.1 Å². The van der Waals surface area contributed by atoms with E-state index in [1.54, 1.807) is 31.2 Å². The first-order valence-corrected chi connectivity index (χ1v) is 10.5. The third kappa shape index (κ3) is 4.26. The summed E-state index contributed by atoms with van der Waals surface area (Å²) in [5.41, 5.74) is 0.823. The number of carbonyl (C=O) groups excluding carboxylic acids is 1. The Morgan fingerprint density at radius 2 is 1.89 bits per heavy atom. The first-order chi connectivity index (χ1) is 12.8. The minimum atomic E-state index is -3.64. The number of sulfonamides is 1. The van der Waals surface area contributed by atoms with Gasteiger partial charge in [0.25, 0.3) is 5.91 Å².